The largest absolute Gasteiger partial charge is 0.480 e. The van der Waals surface area contributed by atoms with E-state index < -0.39 is 24.7 Å². The van der Waals surface area contributed by atoms with E-state index in [-0.39, 0.29) is 26.2 Å². The van der Waals surface area contributed by atoms with Crippen LogP contribution in [0, 0.1) is 0 Å². The highest BCUT2D eigenvalue weighted by Crippen LogP contribution is 2.17. The highest BCUT2D eigenvalue weighted by Gasteiger charge is 2.34. The van der Waals surface area contributed by atoms with Gasteiger partial charge in [-0.25, -0.2) is 4.79 Å². The number of hydrogen-bond acceptors (Lipinski definition) is 3. The van der Waals surface area contributed by atoms with E-state index >= 15 is 0 Å². The Kier molecular flexibility index (Phi) is 5.61. The molecule has 1 heterocycles. The molecule has 1 N–H and O–H groups in total. The van der Waals surface area contributed by atoms with Crippen molar-refractivity contribution in [2.45, 2.75) is 13.1 Å². The maximum Gasteiger partial charge on any atom is 0.406 e. The van der Waals surface area contributed by atoms with E-state index in [1.54, 1.807) is 4.90 Å². The van der Waals surface area contributed by atoms with Crippen molar-refractivity contribution in [2.24, 2.45) is 0 Å². The molecule has 116 valence electrons. The molecule has 0 aromatic rings. The van der Waals surface area contributed by atoms with Crippen LogP contribution in [0.5, 0.6) is 0 Å². The third-order valence-corrected chi connectivity index (χ3v) is 3.02. The summed E-state index contributed by atoms with van der Waals surface area (Å²) in [6.45, 7) is 1.25. The Labute approximate surface area is 114 Å². The molecule has 20 heavy (non-hydrogen) atoms. The summed E-state index contributed by atoms with van der Waals surface area (Å²) in [7, 11) is 0. The number of carbonyl (C=O) groups is 2. The van der Waals surface area contributed by atoms with E-state index in [0.29, 0.717) is 13.1 Å². The van der Waals surface area contributed by atoms with Gasteiger partial charge in [0.1, 0.15) is 6.54 Å². The molecule has 9 heteroatoms. The first-order valence-corrected chi connectivity index (χ1v) is 6.27. The van der Waals surface area contributed by atoms with Gasteiger partial charge in [-0.05, 0) is 6.92 Å². The summed E-state index contributed by atoms with van der Waals surface area (Å²) in [5.41, 5.74) is 0. The zero-order valence-corrected chi connectivity index (χ0v) is 11.2. The molecule has 0 bridgehead atoms. The number of carbonyl (C=O) groups excluding carboxylic acids is 1. The third kappa shape index (κ3) is 5.24. The number of carboxylic acids is 1. The highest BCUT2D eigenvalue weighted by molar-refractivity contribution is 5.74. The minimum atomic E-state index is -4.42. The van der Waals surface area contributed by atoms with Gasteiger partial charge >= 0.3 is 18.2 Å². The van der Waals surface area contributed by atoms with E-state index in [4.69, 9.17) is 5.11 Å². The van der Waals surface area contributed by atoms with Crippen molar-refractivity contribution >= 4 is 12.0 Å². The first-order valence-electron chi connectivity index (χ1n) is 6.27. The van der Waals surface area contributed by atoms with Crippen molar-refractivity contribution < 1.29 is 27.9 Å². The summed E-state index contributed by atoms with van der Waals surface area (Å²) in [5.74, 6) is -0.961. The van der Waals surface area contributed by atoms with Gasteiger partial charge in [0.2, 0.25) is 0 Å². The van der Waals surface area contributed by atoms with Crippen molar-refractivity contribution in [3.63, 3.8) is 0 Å². The molecule has 2 amide bonds. The maximum absolute atomic E-state index is 12.3. The monoisotopic (exact) mass is 297 g/mol. The number of carboxylic acid groups (broad SMARTS) is 1. The molecular weight excluding hydrogens is 279 g/mol. The van der Waals surface area contributed by atoms with Crippen LogP contribution in [0.2, 0.25) is 0 Å². The fraction of sp³-hybridized carbons (Fsp3) is 0.818. The Morgan fingerprint density at radius 3 is 2.15 bits per heavy atom. The smallest absolute Gasteiger partial charge is 0.406 e. The lowest BCUT2D eigenvalue weighted by Gasteiger charge is -2.36. The van der Waals surface area contributed by atoms with Crippen LogP contribution < -0.4 is 0 Å². The Hall–Kier alpha value is -1.51. The third-order valence-electron chi connectivity index (χ3n) is 3.02. The second kappa shape index (κ2) is 6.78. The van der Waals surface area contributed by atoms with Gasteiger partial charge in [-0.3, -0.25) is 9.69 Å². The Balaban J connectivity index is 2.50. The molecular formula is C11H18F3N3O3. The molecule has 6 nitrogen and oxygen atoms in total. The van der Waals surface area contributed by atoms with E-state index in [1.807, 2.05) is 0 Å². The average molecular weight is 297 g/mol. The predicted molar refractivity (Wildman–Crippen MR) is 64.3 cm³/mol. The summed E-state index contributed by atoms with van der Waals surface area (Å²) in [6, 6.07) is -0.653. The second-order valence-electron chi connectivity index (χ2n) is 4.57. The number of alkyl halides is 3. The van der Waals surface area contributed by atoms with Gasteiger partial charge < -0.3 is 14.9 Å². The lowest BCUT2D eigenvalue weighted by molar-refractivity contribution is -0.142. The minimum absolute atomic E-state index is 0.0202. The highest BCUT2D eigenvalue weighted by atomic mass is 19.4. The molecule has 0 saturated carbocycles. The predicted octanol–water partition coefficient (Wildman–Crippen LogP) is 0.693. The van der Waals surface area contributed by atoms with Crippen LogP contribution in [0.1, 0.15) is 6.92 Å². The fourth-order valence-corrected chi connectivity index (χ4v) is 2.02. The summed E-state index contributed by atoms with van der Waals surface area (Å²) in [6.07, 6.45) is -4.42. The molecule has 0 unspecified atom stereocenters. The number of nitrogens with zero attached hydrogens (tertiary/aromatic N) is 3. The van der Waals surface area contributed by atoms with Crippen LogP contribution in [0.3, 0.4) is 0 Å². The number of amides is 2. The number of aliphatic carboxylic acids is 1. The number of halogens is 3. The molecule has 0 spiro atoms. The van der Waals surface area contributed by atoms with E-state index in [2.05, 4.69) is 0 Å². The van der Waals surface area contributed by atoms with Crippen LogP contribution in [-0.4, -0.2) is 83.8 Å². The molecule has 1 aliphatic heterocycles. The van der Waals surface area contributed by atoms with Gasteiger partial charge in [0, 0.05) is 32.7 Å². The van der Waals surface area contributed by atoms with Gasteiger partial charge in [-0.15, -0.1) is 0 Å². The molecule has 0 aromatic carbocycles. The number of hydrogen-bond donors (Lipinski definition) is 1. The van der Waals surface area contributed by atoms with Gasteiger partial charge in [0.05, 0.1) is 6.54 Å². The molecule has 0 aliphatic carbocycles. The van der Waals surface area contributed by atoms with Crippen molar-refractivity contribution in [3.8, 4) is 0 Å². The summed E-state index contributed by atoms with van der Waals surface area (Å²) < 4.78 is 37.0. The zero-order chi connectivity index (χ0) is 15.3. The molecule has 1 fully saturated rings. The number of rotatable bonds is 4. The lowest BCUT2D eigenvalue weighted by atomic mass is 10.3. The van der Waals surface area contributed by atoms with Crippen LogP contribution in [0.25, 0.3) is 0 Å². The first-order chi connectivity index (χ1) is 9.23. The van der Waals surface area contributed by atoms with Gasteiger partial charge in [-0.2, -0.15) is 13.2 Å². The summed E-state index contributed by atoms with van der Waals surface area (Å²) >= 11 is 0. The average Bonchev–Trinajstić information content (AvgIpc) is 2.34. The normalized spacial score (nSPS) is 17.1. The van der Waals surface area contributed by atoms with Crippen LogP contribution in [0.15, 0.2) is 0 Å². The van der Waals surface area contributed by atoms with Crippen molar-refractivity contribution in [1.29, 1.82) is 0 Å². The van der Waals surface area contributed by atoms with Gasteiger partial charge in [0.25, 0.3) is 0 Å². The topological polar surface area (TPSA) is 64.1 Å². The van der Waals surface area contributed by atoms with Crippen LogP contribution in [-0.2, 0) is 4.79 Å². The standard InChI is InChI=1S/C11H18F3N3O3/c1-2-16(8-11(12,13)14)10(20)17-5-3-15(4-6-17)7-9(18)19/h2-8H2,1H3,(H,18,19). The molecule has 1 saturated heterocycles. The Morgan fingerprint density at radius 2 is 1.75 bits per heavy atom. The first kappa shape index (κ1) is 16.5. The Bertz CT molecular complexity index is 355. The van der Waals surface area contributed by atoms with Crippen molar-refractivity contribution in [1.82, 2.24) is 14.7 Å². The van der Waals surface area contributed by atoms with Crippen LogP contribution in [0.4, 0.5) is 18.0 Å². The molecule has 1 aliphatic rings. The summed E-state index contributed by atoms with van der Waals surface area (Å²) in [5, 5.41) is 8.64. The van der Waals surface area contributed by atoms with E-state index in [0.717, 1.165) is 4.90 Å². The van der Waals surface area contributed by atoms with Crippen molar-refractivity contribution in [3.05, 3.63) is 0 Å². The molecule has 0 aromatic heterocycles. The Morgan fingerprint density at radius 1 is 1.20 bits per heavy atom. The molecule has 0 radical (unpaired) electrons. The summed E-state index contributed by atoms with van der Waals surface area (Å²) in [4.78, 5) is 26.2. The number of piperazine rings is 1. The van der Waals surface area contributed by atoms with E-state index in [1.165, 1.54) is 11.8 Å². The second-order valence-corrected chi connectivity index (χ2v) is 4.57. The quantitative estimate of drug-likeness (QED) is 0.829. The minimum Gasteiger partial charge on any atom is -0.480 e. The van der Waals surface area contributed by atoms with Gasteiger partial charge in [0.15, 0.2) is 0 Å². The maximum atomic E-state index is 12.3. The molecule has 1 rings (SSSR count). The van der Waals surface area contributed by atoms with Crippen LogP contribution >= 0.6 is 0 Å². The van der Waals surface area contributed by atoms with Crippen molar-refractivity contribution in [2.75, 3.05) is 45.8 Å². The lowest BCUT2D eigenvalue weighted by Crippen LogP contribution is -2.54. The number of urea groups is 1. The SMILES string of the molecule is CCN(CC(F)(F)F)C(=O)N1CCN(CC(=O)O)CC1. The zero-order valence-electron chi connectivity index (χ0n) is 11.2. The van der Waals surface area contributed by atoms with Gasteiger partial charge in [-0.1, -0.05) is 0 Å². The fourth-order valence-electron chi connectivity index (χ4n) is 2.02. The molecule has 0 atom stereocenters. The van der Waals surface area contributed by atoms with E-state index in [9.17, 15) is 22.8 Å².